The van der Waals surface area contributed by atoms with Gasteiger partial charge in [0.05, 0.1) is 0 Å². The van der Waals surface area contributed by atoms with Gasteiger partial charge in [0.1, 0.15) is 5.75 Å². The maximum Gasteiger partial charge on any atom is 0.573 e. The van der Waals surface area contributed by atoms with Crippen LogP contribution in [0.2, 0.25) is 0 Å². The summed E-state index contributed by atoms with van der Waals surface area (Å²) in [6.45, 7) is 0.0828. The first-order chi connectivity index (χ1) is 12.2. The molecule has 2 amide bonds. The molecule has 0 saturated carbocycles. The molecule has 0 aliphatic carbocycles. The van der Waals surface area contributed by atoms with Crippen LogP contribution in [0.25, 0.3) is 0 Å². The smallest absolute Gasteiger partial charge is 0.406 e. The highest BCUT2D eigenvalue weighted by Crippen LogP contribution is 2.25. The van der Waals surface area contributed by atoms with Crippen LogP contribution >= 0.6 is 15.9 Å². The number of carbonyl (C=O) groups is 2. The number of halogens is 4. The number of hydrogen-bond donors (Lipinski definition) is 2. The zero-order valence-corrected chi connectivity index (χ0v) is 14.9. The molecule has 0 aliphatic heterocycles. The number of benzene rings is 2. The monoisotopic (exact) mass is 430 g/mol. The molecule has 9 heteroatoms. The van der Waals surface area contributed by atoms with Gasteiger partial charge in [-0.1, -0.05) is 22.0 Å². The van der Waals surface area contributed by atoms with Gasteiger partial charge >= 0.3 is 6.36 Å². The van der Waals surface area contributed by atoms with Crippen LogP contribution in [0.4, 0.5) is 18.9 Å². The Kier molecular flexibility index (Phi) is 6.62. The average molecular weight is 431 g/mol. The number of ether oxygens (including phenoxy) is 1. The molecule has 0 heterocycles. The molecule has 0 radical (unpaired) electrons. The summed E-state index contributed by atoms with van der Waals surface area (Å²) in [5.74, 6) is -1.21. The van der Waals surface area contributed by atoms with Gasteiger partial charge in [0.2, 0.25) is 5.91 Å². The van der Waals surface area contributed by atoms with Gasteiger partial charge in [0, 0.05) is 34.8 Å². The quantitative estimate of drug-likeness (QED) is 0.724. The summed E-state index contributed by atoms with van der Waals surface area (Å²) in [5.41, 5.74) is 0.613. The second-order valence-corrected chi connectivity index (χ2v) is 6.05. The average Bonchev–Trinajstić information content (AvgIpc) is 2.54. The molecule has 0 spiro atoms. The van der Waals surface area contributed by atoms with Crippen molar-refractivity contribution >= 4 is 33.4 Å². The lowest BCUT2D eigenvalue weighted by Gasteiger charge is -2.11. The van der Waals surface area contributed by atoms with Gasteiger partial charge in [-0.2, -0.15) is 0 Å². The molecule has 0 aromatic heterocycles. The van der Waals surface area contributed by atoms with E-state index < -0.39 is 18.0 Å². The minimum Gasteiger partial charge on any atom is -0.406 e. The number of rotatable bonds is 6. The van der Waals surface area contributed by atoms with E-state index in [0.717, 1.165) is 16.6 Å². The molecule has 2 aromatic carbocycles. The van der Waals surface area contributed by atoms with E-state index in [9.17, 15) is 22.8 Å². The second-order valence-electron chi connectivity index (χ2n) is 5.14. The molecule has 26 heavy (non-hydrogen) atoms. The summed E-state index contributed by atoms with van der Waals surface area (Å²) in [6.07, 6.45) is -4.84. The number of anilines is 1. The summed E-state index contributed by atoms with van der Waals surface area (Å²) < 4.78 is 41.2. The Bertz CT molecular complexity index is 780. The van der Waals surface area contributed by atoms with E-state index in [0.29, 0.717) is 5.56 Å². The molecule has 0 atom stereocenters. The van der Waals surface area contributed by atoms with E-state index in [-0.39, 0.29) is 24.6 Å². The highest BCUT2D eigenvalue weighted by molar-refractivity contribution is 9.10. The van der Waals surface area contributed by atoms with Crippen LogP contribution in [0.15, 0.2) is 53.0 Å². The first-order valence-electron chi connectivity index (χ1n) is 7.42. The Morgan fingerprint density at radius 3 is 2.42 bits per heavy atom. The van der Waals surface area contributed by atoms with Crippen molar-refractivity contribution in [2.24, 2.45) is 0 Å². The maximum atomic E-state index is 12.2. The first-order valence-corrected chi connectivity index (χ1v) is 8.22. The fraction of sp³-hybridized carbons (Fsp3) is 0.176. The lowest BCUT2D eigenvalue weighted by atomic mass is 10.2. The normalized spacial score (nSPS) is 10.9. The summed E-state index contributed by atoms with van der Waals surface area (Å²) in [4.78, 5) is 23.7. The van der Waals surface area contributed by atoms with Gasteiger partial charge in [-0.3, -0.25) is 9.59 Å². The van der Waals surface area contributed by atoms with Crippen molar-refractivity contribution in [1.82, 2.24) is 5.32 Å². The Morgan fingerprint density at radius 2 is 1.77 bits per heavy atom. The number of carbonyl (C=O) groups excluding carboxylic acids is 2. The Hall–Kier alpha value is -2.55. The lowest BCUT2D eigenvalue weighted by molar-refractivity contribution is -0.274. The van der Waals surface area contributed by atoms with E-state index in [4.69, 9.17) is 0 Å². The summed E-state index contributed by atoms with van der Waals surface area (Å²) in [7, 11) is 0. The Labute approximate surface area is 155 Å². The molecule has 0 bridgehead atoms. The third-order valence-corrected chi connectivity index (χ3v) is 3.62. The van der Waals surface area contributed by atoms with Crippen LogP contribution in [-0.4, -0.2) is 24.7 Å². The van der Waals surface area contributed by atoms with Crippen molar-refractivity contribution in [1.29, 1.82) is 0 Å². The summed E-state index contributed by atoms with van der Waals surface area (Å²) in [6, 6.07) is 11.6. The zero-order valence-electron chi connectivity index (χ0n) is 13.3. The Balaban J connectivity index is 1.81. The van der Waals surface area contributed by atoms with Crippen LogP contribution < -0.4 is 15.4 Å². The number of alkyl halides is 3. The molecule has 2 N–H and O–H groups in total. The summed E-state index contributed by atoms with van der Waals surface area (Å²) in [5, 5.41) is 5.03. The van der Waals surface area contributed by atoms with Crippen molar-refractivity contribution < 1.29 is 27.5 Å². The lowest BCUT2D eigenvalue weighted by Crippen LogP contribution is -2.27. The minimum atomic E-state index is -4.81. The zero-order chi connectivity index (χ0) is 19.2. The van der Waals surface area contributed by atoms with Crippen molar-refractivity contribution in [3.63, 3.8) is 0 Å². The molecule has 0 unspecified atom stereocenters. The van der Waals surface area contributed by atoms with Gasteiger partial charge in [-0.05, 0) is 36.4 Å². The molecule has 2 aromatic rings. The second kappa shape index (κ2) is 8.70. The fourth-order valence-corrected chi connectivity index (χ4v) is 2.25. The fourth-order valence-electron chi connectivity index (χ4n) is 1.99. The highest BCUT2D eigenvalue weighted by atomic mass is 79.9. The predicted octanol–water partition coefficient (Wildman–Crippen LogP) is 4.11. The molecule has 138 valence electrons. The van der Waals surface area contributed by atoms with Gasteiger partial charge in [-0.15, -0.1) is 13.2 Å². The number of amides is 2. The van der Waals surface area contributed by atoms with Gasteiger partial charge < -0.3 is 15.4 Å². The number of hydrogen-bond acceptors (Lipinski definition) is 3. The van der Waals surface area contributed by atoms with E-state index in [2.05, 4.69) is 31.3 Å². The molecule has 0 fully saturated rings. The van der Waals surface area contributed by atoms with Gasteiger partial charge in [0.15, 0.2) is 0 Å². The largest absolute Gasteiger partial charge is 0.573 e. The number of nitrogens with one attached hydrogen (secondary N) is 2. The van der Waals surface area contributed by atoms with Gasteiger partial charge in [0.25, 0.3) is 5.91 Å². The third-order valence-electron chi connectivity index (χ3n) is 3.10. The SMILES string of the molecule is O=C(CCNC(=O)c1ccc(Br)cc1)Nc1cccc(OC(F)(F)F)c1. The van der Waals surface area contributed by atoms with Gasteiger partial charge in [-0.25, -0.2) is 0 Å². The predicted molar refractivity (Wildman–Crippen MR) is 92.8 cm³/mol. The molecular weight excluding hydrogens is 417 g/mol. The van der Waals surface area contributed by atoms with Crippen LogP contribution in [0, 0.1) is 0 Å². The topological polar surface area (TPSA) is 67.4 Å². The molecular formula is C17H14BrF3N2O3. The van der Waals surface area contributed by atoms with E-state index >= 15 is 0 Å². The van der Waals surface area contributed by atoms with Crippen LogP contribution in [0.1, 0.15) is 16.8 Å². The van der Waals surface area contributed by atoms with Crippen molar-refractivity contribution in [3.05, 3.63) is 58.6 Å². The van der Waals surface area contributed by atoms with Crippen LogP contribution in [-0.2, 0) is 4.79 Å². The van der Waals surface area contributed by atoms with E-state index in [1.807, 2.05) is 0 Å². The molecule has 0 saturated heterocycles. The summed E-state index contributed by atoms with van der Waals surface area (Å²) >= 11 is 3.26. The van der Waals surface area contributed by atoms with E-state index in [1.165, 1.54) is 12.1 Å². The van der Waals surface area contributed by atoms with E-state index in [1.54, 1.807) is 24.3 Å². The minimum absolute atomic E-state index is 0.0351. The standard InChI is InChI=1S/C17H14BrF3N2O3/c18-12-6-4-11(5-7-12)16(25)22-9-8-15(24)23-13-2-1-3-14(10-13)26-17(19,20)21/h1-7,10H,8-9H2,(H,22,25)(H,23,24). The van der Waals surface area contributed by atoms with Crippen LogP contribution in [0.3, 0.4) is 0 Å². The van der Waals surface area contributed by atoms with Crippen molar-refractivity contribution in [2.75, 3.05) is 11.9 Å². The highest BCUT2D eigenvalue weighted by Gasteiger charge is 2.31. The maximum absolute atomic E-state index is 12.2. The molecule has 5 nitrogen and oxygen atoms in total. The third kappa shape index (κ3) is 6.75. The molecule has 2 rings (SSSR count). The van der Waals surface area contributed by atoms with Crippen molar-refractivity contribution in [3.8, 4) is 5.75 Å². The molecule has 0 aliphatic rings. The first kappa shape index (κ1) is 19.8. The van der Waals surface area contributed by atoms with Crippen LogP contribution in [0.5, 0.6) is 5.75 Å². The van der Waals surface area contributed by atoms with Crippen molar-refractivity contribution in [2.45, 2.75) is 12.8 Å². The Morgan fingerprint density at radius 1 is 1.08 bits per heavy atom.